The van der Waals surface area contributed by atoms with E-state index in [2.05, 4.69) is 19.2 Å². The van der Waals surface area contributed by atoms with Crippen molar-refractivity contribution in [2.45, 2.75) is 31.2 Å². The summed E-state index contributed by atoms with van der Waals surface area (Å²) < 4.78 is 44.6. The highest BCUT2D eigenvalue weighted by Gasteiger charge is 2.30. The summed E-state index contributed by atoms with van der Waals surface area (Å²) in [5.74, 6) is 1.27. The number of amides is 1. The van der Waals surface area contributed by atoms with Crippen molar-refractivity contribution in [1.29, 1.82) is 0 Å². The van der Waals surface area contributed by atoms with Gasteiger partial charge in [-0.05, 0) is 54.3 Å². The first-order chi connectivity index (χ1) is 17.7. The molecule has 1 atom stereocenters. The molecule has 0 aliphatic heterocycles. The number of rotatable bonds is 12. The molecule has 9 heteroatoms. The maximum Gasteiger partial charge on any atom is 0.264 e. The van der Waals surface area contributed by atoms with Crippen molar-refractivity contribution in [2.24, 2.45) is 5.92 Å². The van der Waals surface area contributed by atoms with E-state index in [1.54, 1.807) is 43.5 Å². The van der Waals surface area contributed by atoms with Crippen LogP contribution >= 0.6 is 0 Å². The number of anilines is 1. The van der Waals surface area contributed by atoms with Crippen molar-refractivity contribution in [3.63, 3.8) is 0 Å². The molecular weight excluding hydrogens is 492 g/mol. The molecule has 1 N–H and O–H groups in total. The Morgan fingerprint density at radius 2 is 1.49 bits per heavy atom. The Morgan fingerprint density at radius 3 is 2.05 bits per heavy atom. The molecule has 3 aromatic carbocycles. The van der Waals surface area contributed by atoms with Crippen LogP contribution in [0.15, 0.2) is 77.7 Å². The van der Waals surface area contributed by atoms with E-state index in [1.807, 2.05) is 24.3 Å². The number of carbonyl (C=O) groups excluding carboxylic acids is 1. The first kappa shape index (κ1) is 27.9. The third kappa shape index (κ3) is 6.95. The van der Waals surface area contributed by atoms with Crippen molar-refractivity contribution < 1.29 is 27.4 Å². The van der Waals surface area contributed by atoms with Crippen molar-refractivity contribution >= 4 is 21.6 Å². The number of hydrogen-bond acceptors (Lipinski definition) is 6. The van der Waals surface area contributed by atoms with Crippen LogP contribution in [0.1, 0.15) is 31.9 Å². The minimum Gasteiger partial charge on any atom is -0.497 e. The Balaban J connectivity index is 2.00. The fourth-order valence-corrected chi connectivity index (χ4v) is 5.41. The molecule has 0 aliphatic rings. The molecule has 0 saturated carbocycles. The summed E-state index contributed by atoms with van der Waals surface area (Å²) in [6.45, 7) is 3.68. The average Bonchev–Trinajstić information content (AvgIpc) is 2.91. The first-order valence-corrected chi connectivity index (χ1v) is 13.4. The van der Waals surface area contributed by atoms with Crippen LogP contribution < -0.4 is 23.8 Å². The molecule has 0 saturated heterocycles. The van der Waals surface area contributed by atoms with Gasteiger partial charge in [-0.3, -0.25) is 9.10 Å². The maximum absolute atomic E-state index is 13.8. The zero-order valence-electron chi connectivity index (χ0n) is 21.8. The van der Waals surface area contributed by atoms with E-state index >= 15 is 0 Å². The lowest BCUT2D eigenvalue weighted by atomic mass is 9.97. The summed E-state index contributed by atoms with van der Waals surface area (Å²) in [4.78, 5) is 13.5. The van der Waals surface area contributed by atoms with Gasteiger partial charge in [0.05, 0.1) is 38.0 Å². The van der Waals surface area contributed by atoms with Crippen LogP contribution in [0.3, 0.4) is 0 Å². The number of benzene rings is 3. The van der Waals surface area contributed by atoms with Gasteiger partial charge in [-0.1, -0.05) is 44.2 Å². The average molecular weight is 527 g/mol. The van der Waals surface area contributed by atoms with E-state index in [9.17, 15) is 13.2 Å². The molecule has 8 nitrogen and oxygen atoms in total. The third-order valence-electron chi connectivity index (χ3n) is 5.83. The van der Waals surface area contributed by atoms with Gasteiger partial charge in [0.25, 0.3) is 10.0 Å². The summed E-state index contributed by atoms with van der Waals surface area (Å²) in [5, 5.41) is 3.03. The smallest absolute Gasteiger partial charge is 0.264 e. The number of methoxy groups -OCH3 is 3. The van der Waals surface area contributed by atoms with Gasteiger partial charge in [-0.15, -0.1) is 0 Å². The van der Waals surface area contributed by atoms with Crippen LogP contribution in [0.4, 0.5) is 5.69 Å². The van der Waals surface area contributed by atoms with Crippen LogP contribution in [0.2, 0.25) is 0 Å². The number of ether oxygens (including phenoxy) is 3. The van der Waals surface area contributed by atoms with E-state index in [4.69, 9.17) is 14.2 Å². The zero-order valence-corrected chi connectivity index (χ0v) is 22.6. The standard InChI is InChI=1S/C28H34N2O6S/c1-20(2)17-25(21-11-13-22(34-3)14-12-21)29-28(31)19-30(37(32,33)24-9-7-6-8-10-24)26-18-23(35-4)15-16-27(26)36-5/h6-16,18,20,25H,17,19H2,1-5H3,(H,29,31)/t25-/m0/s1. The Kier molecular flexibility index (Phi) is 9.41. The summed E-state index contributed by atoms with van der Waals surface area (Å²) in [5.41, 5.74) is 1.10. The summed E-state index contributed by atoms with van der Waals surface area (Å²) >= 11 is 0. The maximum atomic E-state index is 13.8. The monoisotopic (exact) mass is 526 g/mol. The van der Waals surface area contributed by atoms with Gasteiger partial charge in [-0.2, -0.15) is 0 Å². The number of hydrogen-bond donors (Lipinski definition) is 1. The lowest BCUT2D eigenvalue weighted by molar-refractivity contribution is -0.120. The molecule has 0 radical (unpaired) electrons. The fraction of sp³-hybridized carbons (Fsp3) is 0.321. The lowest BCUT2D eigenvalue weighted by Gasteiger charge is -2.28. The largest absolute Gasteiger partial charge is 0.497 e. The van der Waals surface area contributed by atoms with E-state index in [0.717, 1.165) is 9.87 Å². The van der Waals surface area contributed by atoms with E-state index < -0.39 is 22.5 Å². The Labute approximate surface area is 219 Å². The predicted molar refractivity (Wildman–Crippen MR) is 144 cm³/mol. The zero-order chi connectivity index (χ0) is 27.0. The summed E-state index contributed by atoms with van der Waals surface area (Å²) in [6.07, 6.45) is 0.673. The minimum atomic E-state index is -4.12. The molecule has 0 aliphatic carbocycles. The quantitative estimate of drug-likeness (QED) is 0.364. The molecule has 0 heterocycles. The Bertz CT molecular complexity index is 1280. The first-order valence-electron chi connectivity index (χ1n) is 11.9. The molecule has 0 bridgehead atoms. The predicted octanol–water partition coefficient (Wildman–Crippen LogP) is 4.81. The second-order valence-corrected chi connectivity index (χ2v) is 10.7. The molecule has 37 heavy (non-hydrogen) atoms. The Hall–Kier alpha value is -3.72. The molecule has 1 amide bonds. The van der Waals surface area contributed by atoms with Crippen molar-refractivity contribution in [3.05, 3.63) is 78.4 Å². The van der Waals surface area contributed by atoms with Crippen LogP contribution in [-0.2, 0) is 14.8 Å². The molecule has 0 unspecified atom stereocenters. The number of nitrogens with one attached hydrogen (secondary N) is 1. The second-order valence-electron chi connectivity index (χ2n) is 8.89. The Morgan fingerprint density at radius 1 is 0.865 bits per heavy atom. The van der Waals surface area contributed by atoms with E-state index in [0.29, 0.717) is 23.7 Å². The van der Waals surface area contributed by atoms with Crippen molar-refractivity contribution in [2.75, 3.05) is 32.2 Å². The molecule has 198 valence electrons. The van der Waals surface area contributed by atoms with Crippen LogP contribution in [-0.4, -0.2) is 42.2 Å². The lowest BCUT2D eigenvalue weighted by Crippen LogP contribution is -2.42. The summed E-state index contributed by atoms with van der Waals surface area (Å²) in [6, 6.07) is 20.0. The van der Waals surface area contributed by atoms with Gasteiger partial charge in [0.2, 0.25) is 5.91 Å². The second kappa shape index (κ2) is 12.5. The summed E-state index contributed by atoms with van der Waals surface area (Å²) in [7, 11) is 0.407. The van der Waals surface area contributed by atoms with Crippen LogP contribution in [0, 0.1) is 5.92 Å². The minimum absolute atomic E-state index is 0.0570. The van der Waals surface area contributed by atoms with Crippen molar-refractivity contribution in [1.82, 2.24) is 5.32 Å². The SMILES string of the molecule is COc1ccc([C@H](CC(C)C)NC(=O)CN(c2cc(OC)ccc2OC)S(=O)(=O)c2ccccc2)cc1. The molecular formula is C28H34N2O6S. The van der Waals surface area contributed by atoms with Gasteiger partial charge in [0.1, 0.15) is 23.8 Å². The molecule has 0 fully saturated rings. The van der Waals surface area contributed by atoms with Crippen molar-refractivity contribution in [3.8, 4) is 17.2 Å². The van der Waals surface area contributed by atoms with Gasteiger partial charge in [-0.25, -0.2) is 8.42 Å². The fourth-order valence-electron chi connectivity index (χ4n) is 3.97. The van der Waals surface area contributed by atoms with Gasteiger partial charge in [0.15, 0.2) is 0 Å². The molecule has 3 aromatic rings. The van der Waals surface area contributed by atoms with Crippen LogP contribution in [0.25, 0.3) is 0 Å². The third-order valence-corrected chi connectivity index (χ3v) is 7.61. The number of carbonyl (C=O) groups is 1. The molecule has 0 aromatic heterocycles. The van der Waals surface area contributed by atoms with Gasteiger partial charge < -0.3 is 19.5 Å². The van der Waals surface area contributed by atoms with E-state index in [1.165, 1.54) is 26.4 Å². The normalized spacial score (nSPS) is 12.1. The number of nitrogens with zero attached hydrogens (tertiary/aromatic N) is 1. The molecule has 3 rings (SSSR count). The topological polar surface area (TPSA) is 94.2 Å². The highest BCUT2D eigenvalue weighted by molar-refractivity contribution is 7.92. The van der Waals surface area contributed by atoms with Crippen LogP contribution in [0.5, 0.6) is 17.2 Å². The van der Waals surface area contributed by atoms with Gasteiger partial charge >= 0.3 is 0 Å². The van der Waals surface area contributed by atoms with Gasteiger partial charge in [0, 0.05) is 6.07 Å². The highest BCUT2D eigenvalue weighted by atomic mass is 32.2. The highest BCUT2D eigenvalue weighted by Crippen LogP contribution is 2.35. The van der Waals surface area contributed by atoms with E-state index in [-0.39, 0.29) is 22.5 Å². The number of sulfonamides is 1. The molecule has 0 spiro atoms.